The Kier molecular flexibility index (Phi) is 4.12. The van der Waals surface area contributed by atoms with E-state index < -0.39 is 11.9 Å². The van der Waals surface area contributed by atoms with Gasteiger partial charge in [0, 0.05) is 18.7 Å². The molecule has 4 nitrogen and oxygen atoms in total. The van der Waals surface area contributed by atoms with Crippen LogP contribution in [0.1, 0.15) is 34.8 Å². The van der Waals surface area contributed by atoms with E-state index in [2.05, 4.69) is 0 Å². The maximum absolute atomic E-state index is 12.7. The van der Waals surface area contributed by atoms with Crippen molar-refractivity contribution in [3.63, 3.8) is 0 Å². The number of aryl methyl sites for hydroxylation is 2. The molecule has 1 amide bonds. The Morgan fingerprint density at radius 1 is 1.20 bits per heavy atom. The van der Waals surface area contributed by atoms with Crippen molar-refractivity contribution in [1.29, 1.82) is 0 Å². The summed E-state index contributed by atoms with van der Waals surface area (Å²) in [6, 6.07) is 5.77. The Bertz CT molecular complexity index is 518. The first-order valence-corrected chi connectivity index (χ1v) is 6.98. The van der Waals surface area contributed by atoms with Gasteiger partial charge in [-0.2, -0.15) is 0 Å². The molecule has 0 aromatic heterocycles. The molecule has 4 heteroatoms. The number of amides is 1. The first-order valence-electron chi connectivity index (χ1n) is 6.98. The average Bonchev–Trinajstić information content (AvgIpc) is 2.37. The molecule has 1 aliphatic heterocycles. The maximum atomic E-state index is 12.7. The molecule has 1 heterocycles. The van der Waals surface area contributed by atoms with Crippen LogP contribution in [-0.2, 0) is 4.79 Å². The van der Waals surface area contributed by atoms with E-state index in [-0.39, 0.29) is 11.8 Å². The normalized spacial score (nSPS) is 22.6. The van der Waals surface area contributed by atoms with Gasteiger partial charge in [0.1, 0.15) is 0 Å². The predicted molar refractivity (Wildman–Crippen MR) is 76.7 cm³/mol. The van der Waals surface area contributed by atoms with Gasteiger partial charge in [0.25, 0.3) is 5.91 Å². The van der Waals surface area contributed by atoms with E-state index in [4.69, 9.17) is 0 Å². The Balaban J connectivity index is 2.26. The number of nitrogens with zero attached hydrogens (tertiary/aromatic N) is 1. The zero-order valence-corrected chi connectivity index (χ0v) is 12.2. The molecule has 1 saturated heterocycles. The number of carboxylic acids is 1. The number of hydrogen-bond acceptors (Lipinski definition) is 2. The van der Waals surface area contributed by atoms with E-state index in [1.165, 1.54) is 0 Å². The molecule has 1 fully saturated rings. The van der Waals surface area contributed by atoms with Crippen LogP contribution in [0.3, 0.4) is 0 Å². The van der Waals surface area contributed by atoms with Crippen LogP contribution < -0.4 is 0 Å². The fourth-order valence-corrected chi connectivity index (χ4v) is 3.01. The van der Waals surface area contributed by atoms with Gasteiger partial charge >= 0.3 is 5.97 Å². The van der Waals surface area contributed by atoms with Gasteiger partial charge in [-0.25, -0.2) is 0 Å². The monoisotopic (exact) mass is 275 g/mol. The first-order chi connectivity index (χ1) is 9.40. The summed E-state index contributed by atoms with van der Waals surface area (Å²) < 4.78 is 0. The van der Waals surface area contributed by atoms with Crippen LogP contribution in [0.4, 0.5) is 0 Å². The third-order valence-electron chi connectivity index (χ3n) is 3.99. The minimum atomic E-state index is -0.809. The summed E-state index contributed by atoms with van der Waals surface area (Å²) in [7, 11) is 0. The van der Waals surface area contributed by atoms with Gasteiger partial charge in [0.05, 0.1) is 5.92 Å². The summed E-state index contributed by atoms with van der Waals surface area (Å²) in [6.07, 6.45) is 0.645. The van der Waals surface area contributed by atoms with Crippen LogP contribution in [-0.4, -0.2) is 35.0 Å². The predicted octanol–water partition coefficient (Wildman–Crippen LogP) is 2.49. The summed E-state index contributed by atoms with van der Waals surface area (Å²) in [6.45, 7) is 6.79. The highest BCUT2D eigenvalue weighted by Gasteiger charge is 2.32. The number of likely N-dealkylation sites (tertiary alicyclic amines) is 1. The Hall–Kier alpha value is -1.84. The Morgan fingerprint density at radius 2 is 1.80 bits per heavy atom. The molecular formula is C16H21NO3. The summed E-state index contributed by atoms with van der Waals surface area (Å²) in [4.78, 5) is 25.6. The molecule has 2 rings (SSSR count). The number of carbonyl (C=O) groups excluding carboxylic acids is 1. The lowest BCUT2D eigenvalue weighted by Crippen LogP contribution is -2.45. The topological polar surface area (TPSA) is 57.6 Å². The summed E-state index contributed by atoms with van der Waals surface area (Å²) in [5.74, 6) is -1.08. The van der Waals surface area contributed by atoms with Crippen LogP contribution in [0.15, 0.2) is 18.2 Å². The van der Waals surface area contributed by atoms with E-state index in [0.29, 0.717) is 25.1 Å². The van der Waals surface area contributed by atoms with Crippen molar-refractivity contribution in [1.82, 2.24) is 4.90 Å². The highest BCUT2D eigenvalue weighted by atomic mass is 16.4. The van der Waals surface area contributed by atoms with Crippen LogP contribution in [0.5, 0.6) is 0 Å². The molecule has 1 aromatic carbocycles. The Morgan fingerprint density at radius 3 is 2.35 bits per heavy atom. The molecule has 0 saturated carbocycles. The van der Waals surface area contributed by atoms with Gasteiger partial charge in [-0.3, -0.25) is 9.59 Å². The number of aliphatic carboxylic acids is 1. The number of benzene rings is 1. The molecule has 0 aliphatic carbocycles. The number of carbonyl (C=O) groups is 2. The maximum Gasteiger partial charge on any atom is 0.308 e. The number of hydrogen-bond donors (Lipinski definition) is 1. The van der Waals surface area contributed by atoms with Crippen molar-refractivity contribution < 1.29 is 14.7 Å². The molecular weight excluding hydrogens is 254 g/mol. The van der Waals surface area contributed by atoms with Gasteiger partial charge in [-0.1, -0.05) is 25.1 Å². The van der Waals surface area contributed by atoms with Crippen LogP contribution in [0.25, 0.3) is 0 Å². The van der Waals surface area contributed by atoms with Crippen LogP contribution in [0.2, 0.25) is 0 Å². The molecule has 0 spiro atoms. The molecule has 108 valence electrons. The fourth-order valence-electron chi connectivity index (χ4n) is 3.01. The van der Waals surface area contributed by atoms with Gasteiger partial charge in [0.2, 0.25) is 0 Å². The van der Waals surface area contributed by atoms with Gasteiger partial charge in [-0.05, 0) is 37.3 Å². The highest BCUT2D eigenvalue weighted by Crippen LogP contribution is 2.25. The molecule has 0 bridgehead atoms. The van der Waals surface area contributed by atoms with Crippen molar-refractivity contribution >= 4 is 11.9 Å². The van der Waals surface area contributed by atoms with Crippen LogP contribution in [0, 0.1) is 25.7 Å². The summed E-state index contributed by atoms with van der Waals surface area (Å²) in [5, 5.41) is 9.20. The van der Waals surface area contributed by atoms with Gasteiger partial charge in [-0.15, -0.1) is 0 Å². The molecule has 1 N–H and O–H groups in total. The summed E-state index contributed by atoms with van der Waals surface area (Å²) >= 11 is 0. The molecule has 0 radical (unpaired) electrons. The van der Waals surface area contributed by atoms with Crippen molar-refractivity contribution in [2.75, 3.05) is 13.1 Å². The van der Waals surface area contributed by atoms with E-state index in [9.17, 15) is 14.7 Å². The van der Waals surface area contributed by atoms with Crippen molar-refractivity contribution in [2.24, 2.45) is 11.8 Å². The largest absolute Gasteiger partial charge is 0.481 e. The average molecular weight is 275 g/mol. The molecule has 20 heavy (non-hydrogen) atoms. The third kappa shape index (κ3) is 2.84. The lowest BCUT2D eigenvalue weighted by atomic mass is 9.89. The second-order valence-electron chi connectivity index (χ2n) is 5.85. The lowest BCUT2D eigenvalue weighted by Gasteiger charge is -2.35. The lowest BCUT2D eigenvalue weighted by molar-refractivity contribution is -0.143. The van der Waals surface area contributed by atoms with Crippen molar-refractivity contribution in [2.45, 2.75) is 27.2 Å². The second-order valence-corrected chi connectivity index (χ2v) is 5.85. The van der Waals surface area contributed by atoms with Crippen LogP contribution >= 0.6 is 0 Å². The molecule has 2 unspecified atom stereocenters. The van der Waals surface area contributed by atoms with E-state index >= 15 is 0 Å². The van der Waals surface area contributed by atoms with Gasteiger partial charge < -0.3 is 10.0 Å². The molecule has 1 aliphatic rings. The zero-order chi connectivity index (χ0) is 14.9. The second kappa shape index (κ2) is 5.65. The number of rotatable bonds is 2. The smallest absolute Gasteiger partial charge is 0.308 e. The first kappa shape index (κ1) is 14.6. The minimum absolute atomic E-state index is 0.0431. The highest BCUT2D eigenvalue weighted by molar-refractivity contribution is 5.97. The van der Waals surface area contributed by atoms with E-state index in [1.807, 2.05) is 39.0 Å². The molecule has 2 atom stereocenters. The molecule has 1 aromatic rings. The quantitative estimate of drug-likeness (QED) is 0.902. The standard InChI is InChI=1S/C16H21NO3/c1-10-7-13(16(19)20)9-17(8-10)15(18)14-11(2)5-4-6-12(14)3/h4-6,10,13H,7-9H2,1-3H3,(H,19,20). The third-order valence-corrected chi connectivity index (χ3v) is 3.99. The van der Waals surface area contributed by atoms with Crippen molar-refractivity contribution in [3.8, 4) is 0 Å². The van der Waals surface area contributed by atoms with Gasteiger partial charge in [0.15, 0.2) is 0 Å². The number of carboxylic acid groups (broad SMARTS) is 1. The fraction of sp³-hybridized carbons (Fsp3) is 0.500. The number of piperidine rings is 1. The Labute approximate surface area is 119 Å². The van der Waals surface area contributed by atoms with E-state index in [1.54, 1.807) is 4.90 Å². The van der Waals surface area contributed by atoms with Crippen molar-refractivity contribution in [3.05, 3.63) is 34.9 Å². The summed E-state index contributed by atoms with van der Waals surface area (Å²) in [5.41, 5.74) is 2.60. The zero-order valence-electron chi connectivity index (χ0n) is 12.2. The SMILES string of the molecule is Cc1cccc(C)c1C(=O)N1CC(C)CC(C(=O)O)C1. The van der Waals surface area contributed by atoms with E-state index in [0.717, 1.165) is 11.1 Å². The minimum Gasteiger partial charge on any atom is -0.481 e.